The summed E-state index contributed by atoms with van der Waals surface area (Å²) in [7, 11) is -3.85. The molecule has 5 rings (SSSR count). The molecule has 3 heterocycles. The van der Waals surface area contributed by atoms with E-state index in [4.69, 9.17) is 4.98 Å². The first-order valence-electron chi connectivity index (χ1n) is 10.7. The van der Waals surface area contributed by atoms with Crippen molar-refractivity contribution in [2.75, 3.05) is 18.0 Å². The number of hydrogen-bond donors (Lipinski definition) is 0. The Morgan fingerprint density at radius 2 is 1.74 bits per heavy atom. The summed E-state index contributed by atoms with van der Waals surface area (Å²) in [4.78, 5) is 7.28. The van der Waals surface area contributed by atoms with Crippen LogP contribution < -0.4 is 4.90 Å². The number of fused-ring (bicyclic) bond motifs is 3. The van der Waals surface area contributed by atoms with Crippen LogP contribution in [0.2, 0.25) is 0 Å². The van der Waals surface area contributed by atoms with E-state index in [0.29, 0.717) is 5.92 Å². The Kier molecular flexibility index (Phi) is 4.89. The summed E-state index contributed by atoms with van der Waals surface area (Å²) >= 11 is 0. The van der Waals surface area contributed by atoms with Crippen molar-refractivity contribution in [3.63, 3.8) is 0 Å². The van der Waals surface area contributed by atoms with Gasteiger partial charge >= 0.3 is 0 Å². The van der Waals surface area contributed by atoms with Crippen molar-refractivity contribution in [3.8, 4) is 0 Å². The standard InChI is InChI=1S/C23H25N5O2S/c1-3-17-8-10-18(11-9-17)31(29,30)23-22-24-21(27-14-12-16(2)13-15-27)19-6-4-5-7-20(19)28(22)26-25-23/h4-11,16H,3,12-15H2,1-2H3. The van der Waals surface area contributed by atoms with Gasteiger partial charge < -0.3 is 4.90 Å². The minimum atomic E-state index is -3.85. The largest absolute Gasteiger partial charge is 0.356 e. The third kappa shape index (κ3) is 3.35. The summed E-state index contributed by atoms with van der Waals surface area (Å²) in [5.41, 5.74) is 2.15. The van der Waals surface area contributed by atoms with Crippen LogP contribution in [0.4, 0.5) is 5.82 Å². The zero-order chi connectivity index (χ0) is 21.6. The van der Waals surface area contributed by atoms with Crippen molar-refractivity contribution < 1.29 is 8.42 Å². The SMILES string of the molecule is CCc1ccc(S(=O)(=O)c2nnn3c2nc(N2CCC(C)CC2)c2ccccc23)cc1. The lowest BCUT2D eigenvalue weighted by Crippen LogP contribution is -2.33. The normalized spacial score (nSPS) is 15.7. The van der Waals surface area contributed by atoms with Gasteiger partial charge in [0.15, 0.2) is 5.65 Å². The molecule has 0 unspecified atom stereocenters. The molecule has 0 atom stereocenters. The molecule has 0 aliphatic carbocycles. The lowest BCUT2D eigenvalue weighted by atomic mass is 9.99. The van der Waals surface area contributed by atoms with Gasteiger partial charge in [0, 0.05) is 18.5 Å². The van der Waals surface area contributed by atoms with Gasteiger partial charge in [-0.15, -0.1) is 5.10 Å². The highest BCUT2D eigenvalue weighted by Crippen LogP contribution is 2.31. The molecule has 0 saturated carbocycles. The van der Waals surface area contributed by atoms with E-state index in [0.717, 1.165) is 54.6 Å². The molecule has 0 N–H and O–H groups in total. The fraction of sp³-hybridized carbons (Fsp3) is 0.348. The number of aryl methyl sites for hydroxylation is 1. The van der Waals surface area contributed by atoms with E-state index in [-0.39, 0.29) is 15.6 Å². The average Bonchev–Trinajstić information content (AvgIpc) is 3.24. The number of sulfone groups is 1. The Morgan fingerprint density at radius 3 is 2.45 bits per heavy atom. The fourth-order valence-corrected chi connectivity index (χ4v) is 5.41. The Morgan fingerprint density at radius 1 is 1.03 bits per heavy atom. The second kappa shape index (κ2) is 7.60. The quantitative estimate of drug-likeness (QED) is 0.484. The van der Waals surface area contributed by atoms with Gasteiger partial charge in [0.2, 0.25) is 14.9 Å². The topological polar surface area (TPSA) is 80.5 Å². The molecule has 8 heteroatoms. The van der Waals surface area contributed by atoms with Crippen LogP contribution in [-0.2, 0) is 16.3 Å². The number of hydrogen-bond acceptors (Lipinski definition) is 6. The van der Waals surface area contributed by atoms with Crippen molar-refractivity contribution in [2.45, 2.75) is 43.0 Å². The van der Waals surface area contributed by atoms with Crippen molar-refractivity contribution in [1.82, 2.24) is 19.8 Å². The van der Waals surface area contributed by atoms with Crippen molar-refractivity contribution in [2.24, 2.45) is 5.92 Å². The van der Waals surface area contributed by atoms with Crippen molar-refractivity contribution >= 4 is 32.2 Å². The van der Waals surface area contributed by atoms with Gasteiger partial charge in [-0.1, -0.05) is 43.3 Å². The van der Waals surface area contributed by atoms with E-state index >= 15 is 0 Å². The maximum absolute atomic E-state index is 13.4. The number of nitrogens with zero attached hydrogens (tertiary/aromatic N) is 5. The molecule has 2 aromatic carbocycles. The van der Waals surface area contributed by atoms with Crippen molar-refractivity contribution in [3.05, 3.63) is 54.1 Å². The van der Waals surface area contributed by atoms with E-state index in [2.05, 4.69) is 22.1 Å². The van der Waals surface area contributed by atoms with Gasteiger partial charge in [0.25, 0.3) is 0 Å². The lowest BCUT2D eigenvalue weighted by molar-refractivity contribution is 0.437. The number of para-hydroxylation sites is 1. The highest BCUT2D eigenvalue weighted by atomic mass is 32.2. The van der Waals surface area contributed by atoms with Crippen LogP contribution in [0.3, 0.4) is 0 Å². The molecule has 0 bridgehead atoms. The van der Waals surface area contributed by atoms with Gasteiger partial charge in [0.1, 0.15) is 5.82 Å². The summed E-state index contributed by atoms with van der Waals surface area (Å²) in [6.07, 6.45) is 3.03. The lowest BCUT2D eigenvalue weighted by Gasteiger charge is -2.32. The highest BCUT2D eigenvalue weighted by Gasteiger charge is 2.28. The molecule has 1 aliphatic heterocycles. The first-order chi connectivity index (χ1) is 15.0. The summed E-state index contributed by atoms with van der Waals surface area (Å²) < 4.78 is 28.4. The predicted octanol–water partition coefficient (Wildman–Crippen LogP) is 3.91. The minimum Gasteiger partial charge on any atom is -0.356 e. The number of rotatable bonds is 4. The Balaban J connectivity index is 1.70. The molecule has 4 aromatic rings. The molecule has 1 aliphatic rings. The Bertz CT molecular complexity index is 1350. The van der Waals surface area contributed by atoms with Crippen LogP contribution in [0.5, 0.6) is 0 Å². The zero-order valence-electron chi connectivity index (χ0n) is 17.7. The van der Waals surface area contributed by atoms with Crippen LogP contribution in [-0.4, -0.2) is 41.3 Å². The zero-order valence-corrected chi connectivity index (χ0v) is 18.5. The highest BCUT2D eigenvalue weighted by molar-refractivity contribution is 7.91. The molecule has 1 saturated heterocycles. The first-order valence-corrected chi connectivity index (χ1v) is 12.2. The molecular weight excluding hydrogens is 410 g/mol. The molecule has 2 aromatic heterocycles. The molecule has 7 nitrogen and oxygen atoms in total. The van der Waals surface area contributed by atoms with Crippen molar-refractivity contribution in [1.29, 1.82) is 0 Å². The fourth-order valence-electron chi connectivity index (χ4n) is 4.18. The molecule has 0 spiro atoms. The summed E-state index contributed by atoms with van der Waals surface area (Å²) in [5.74, 6) is 1.49. The maximum Gasteiger partial charge on any atom is 0.229 e. The second-order valence-corrected chi connectivity index (χ2v) is 10.1. The molecule has 0 amide bonds. The number of benzene rings is 2. The van der Waals surface area contributed by atoms with Crippen LogP contribution in [0, 0.1) is 5.92 Å². The van der Waals surface area contributed by atoms with E-state index in [1.54, 1.807) is 16.6 Å². The first kappa shape index (κ1) is 19.9. The van der Waals surface area contributed by atoms with E-state index in [1.165, 1.54) is 0 Å². The van der Waals surface area contributed by atoms with E-state index in [9.17, 15) is 8.42 Å². The molecule has 160 valence electrons. The molecule has 1 fully saturated rings. The van der Waals surface area contributed by atoms with Crippen LogP contribution in [0.25, 0.3) is 16.6 Å². The third-order valence-corrected chi connectivity index (χ3v) is 7.85. The van der Waals surface area contributed by atoms with Gasteiger partial charge in [-0.05, 0) is 55.0 Å². The summed E-state index contributed by atoms with van der Waals surface area (Å²) in [6.45, 7) is 6.10. The van der Waals surface area contributed by atoms with E-state index in [1.807, 2.05) is 43.3 Å². The van der Waals surface area contributed by atoms with E-state index < -0.39 is 9.84 Å². The number of anilines is 1. The summed E-state index contributed by atoms with van der Waals surface area (Å²) in [6, 6.07) is 14.8. The summed E-state index contributed by atoms with van der Waals surface area (Å²) in [5, 5.41) is 9.10. The predicted molar refractivity (Wildman–Crippen MR) is 120 cm³/mol. The Labute approximate surface area is 181 Å². The molecule has 0 radical (unpaired) electrons. The van der Waals surface area contributed by atoms with Crippen LogP contribution in [0.15, 0.2) is 58.5 Å². The molecular formula is C23H25N5O2S. The second-order valence-electron chi connectivity index (χ2n) is 8.25. The monoisotopic (exact) mass is 435 g/mol. The minimum absolute atomic E-state index is 0.103. The Hall–Kier alpha value is -3.00. The van der Waals surface area contributed by atoms with Crippen LogP contribution >= 0.6 is 0 Å². The van der Waals surface area contributed by atoms with Gasteiger partial charge in [-0.3, -0.25) is 0 Å². The van der Waals surface area contributed by atoms with Gasteiger partial charge in [-0.25, -0.2) is 13.4 Å². The van der Waals surface area contributed by atoms with Gasteiger partial charge in [0.05, 0.1) is 10.4 Å². The average molecular weight is 436 g/mol. The smallest absolute Gasteiger partial charge is 0.229 e. The third-order valence-electron chi connectivity index (χ3n) is 6.18. The number of piperidine rings is 1. The van der Waals surface area contributed by atoms with Gasteiger partial charge in [-0.2, -0.15) is 4.52 Å². The maximum atomic E-state index is 13.4. The molecule has 31 heavy (non-hydrogen) atoms. The van der Waals surface area contributed by atoms with Crippen LogP contribution in [0.1, 0.15) is 32.3 Å². The number of aromatic nitrogens is 4.